The first-order valence-corrected chi connectivity index (χ1v) is 3.34. The Balaban J connectivity index is 2.32. The van der Waals surface area contributed by atoms with Crippen molar-refractivity contribution in [3.63, 3.8) is 0 Å². The minimum Gasteiger partial charge on any atom is -0.184 e. The van der Waals surface area contributed by atoms with Crippen LogP contribution in [0.3, 0.4) is 0 Å². The average molecular weight is 102 g/mol. The molecule has 4 heavy (non-hydrogen) atoms. The molecule has 0 heterocycles. The summed E-state index contributed by atoms with van der Waals surface area (Å²) in [6, 6.07) is 0. The Morgan fingerprint density at radius 1 is 1.50 bits per heavy atom. The van der Waals surface area contributed by atoms with Gasteiger partial charge in [0.15, 0.2) is 0 Å². The van der Waals surface area contributed by atoms with Gasteiger partial charge in [0.2, 0.25) is 0 Å². The maximum Gasteiger partial charge on any atom is 0.281 e. The second-order valence-corrected chi connectivity index (χ2v) is 1.95. The van der Waals surface area contributed by atoms with Gasteiger partial charge in [0.25, 0.3) is 8.23 Å². The Bertz CT molecular complexity index is 8.75. The van der Waals surface area contributed by atoms with Crippen LogP contribution in [-0.2, 0) is 0 Å². The molecule has 0 spiro atoms. The first kappa shape index (κ1) is 4.72. The molecule has 0 amide bonds. The molecule has 0 aliphatic carbocycles. The summed E-state index contributed by atoms with van der Waals surface area (Å²) in [6.45, 7) is 0. The largest absolute Gasteiger partial charge is 0.281 e. The lowest BCUT2D eigenvalue weighted by Gasteiger charge is -1.67. The Labute approximate surface area is 26.7 Å². The molecule has 4 heteroatoms. The topological polar surface area (TPSA) is 0 Å². The van der Waals surface area contributed by atoms with Gasteiger partial charge >= 0.3 is 0 Å². The minimum absolute atomic E-state index is 1.39. The third-order valence-electron chi connectivity index (χ3n) is 0. The zero-order chi connectivity index (χ0) is 3.58. The fraction of sp³-hybridized carbons (Fsp3) is 0. The fourth-order valence-electron chi connectivity index (χ4n) is 0. The zero-order valence-electron chi connectivity index (χ0n) is 1.78. The van der Waals surface area contributed by atoms with Crippen molar-refractivity contribution in [2.24, 2.45) is 0 Å². The molecular weight excluding hydrogens is 99.9 g/mol. The predicted molar refractivity (Wildman–Crippen MR) is 18.8 cm³/mol. The number of rotatable bonds is 0. The van der Waals surface area contributed by atoms with Crippen molar-refractivity contribution in [3.8, 4) is 0 Å². The standard InChI is InChI=1S/F2H2P2/c1-4(2)3/h3H2. The van der Waals surface area contributed by atoms with Crippen LogP contribution in [0.1, 0.15) is 0 Å². The van der Waals surface area contributed by atoms with Gasteiger partial charge in [0.1, 0.15) is 0 Å². The maximum absolute atomic E-state index is 10.4. The number of halogens is 2. The van der Waals surface area contributed by atoms with E-state index in [1.54, 1.807) is 0 Å². The highest BCUT2D eigenvalue weighted by molar-refractivity contribution is 8.07. The van der Waals surface area contributed by atoms with Gasteiger partial charge in [0, 0.05) is 0 Å². The molecule has 0 saturated heterocycles. The van der Waals surface area contributed by atoms with Crippen LogP contribution in [0.4, 0.5) is 8.39 Å². The third kappa shape index (κ3) is 15.5. The smallest absolute Gasteiger partial charge is 0.184 e. The van der Waals surface area contributed by atoms with Crippen molar-refractivity contribution < 1.29 is 8.39 Å². The Morgan fingerprint density at radius 3 is 1.50 bits per heavy atom. The lowest BCUT2D eigenvalue weighted by Crippen LogP contribution is -1.04. The van der Waals surface area contributed by atoms with Crippen molar-refractivity contribution in [2.75, 3.05) is 0 Å². The van der Waals surface area contributed by atoms with Crippen molar-refractivity contribution >= 4 is 17.2 Å². The molecule has 0 aromatic rings. The van der Waals surface area contributed by atoms with Crippen LogP contribution in [0.15, 0.2) is 0 Å². The fourth-order valence-corrected chi connectivity index (χ4v) is 0. The molecule has 0 saturated carbocycles. The van der Waals surface area contributed by atoms with E-state index in [1.165, 1.54) is 8.93 Å². The molecule has 0 aliphatic rings. The SMILES string of the molecule is FP(F)P. The highest BCUT2D eigenvalue weighted by atomic mass is 32.1. The highest BCUT2D eigenvalue weighted by Crippen LogP contribution is 2.46. The molecule has 0 bridgehead atoms. The van der Waals surface area contributed by atoms with Gasteiger partial charge < -0.3 is 0 Å². The molecule has 0 fully saturated rings. The quantitative estimate of drug-likeness (QED) is 0.410. The molecule has 0 radical (unpaired) electrons. The van der Waals surface area contributed by atoms with E-state index in [2.05, 4.69) is 0 Å². The second kappa shape index (κ2) is 1.99. The summed E-state index contributed by atoms with van der Waals surface area (Å²) in [5, 5.41) is 0. The van der Waals surface area contributed by atoms with Crippen LogP contribution in [-0.4, -0.2) is 0 Å². The molecule has 0 nitrogen and oxygen atoms in total. The van der Waals surface area contributed by atoms with Crippen molar-refractivity contribution in [1.29, 1.82) is 0 Å². The van der Waals surface area contributed by atoms with E-state index in [-0.39, 0.29) is 0 Å². The van der Waals surface area contributed by atoms with Gasteiger partial charge in [-0.05, 0) is 8.93 Å². The lowest BCUT2D eigenvalue weighted by molar-refractivity contribution is 0.775. The molecule has 0 rings (SSSR count). The van der Waals surface area contributed by atoms with Crippen molar-refractivity contribution in [2.45, 2.75) is 0 Å². The summed E-state index contributed by atoms with van der Waals surface area (Å²) < 4.78 is 20.7. The summed E-state index contributed by atoms with van der Waals surface area (Å²) in [7, 11) is -1.31. The Hall–Kier alpha value is 0.720. The first-order valence-electron chi connectivity index (χ1n) is 0.596. The van der Waals surface area contributed by atoms with Gasteiger partial charge in [-0.2, -0.15) is 8.39 Å². The molecule has 1 unspecified atom stereocenters. The average Bonchev–Trinajstić information content (AvgIpc) is 0.811. The minimum atomic E-state index is -2.70. The van der Waals surface area contributed by atoms with E-state index in [4.69, 9.17) is 0 Å². The molecule has 26 valence electrons. The van der Waals surface area contributed by atoms with Crippen LogP contribution >= 0.6 is 17.2 Å². The summed E-state index contributed by atoms with van der Waals surface area (Å²) in [6.07, 6.45) is 0. The highest BCUT2D eigenvalue weighted by Gasteiger charge is 1.82. The third-order valence-corrected chi connectivity index (χ3v) is 0. The Kier molecular flexibility index (Phi) is 2.35. The molecular formula is H2F2P2. The van der Waals surface area contributed by atoms with Gasteiger partial charge in [-0.3, -0.25) is 0 Å². The lowest BCUT2D eigenvalue weighted by atomic mass is 18.8. The van der Waals surface area contributed by atoms with Crippen LogP contribution in [0.25, 0.3) is 0 Å². The molecule has 0 aromatic heterocycles. The van der Waals surface area contributed by atoms with E-state index in [1.807, 2.05) is 0 Å². The van der Waals surface area contributed by atoms with Crippen molar-refractivity contribution in [1.82, 2.24) is 0 Å². The van der Waals surface area contributed by atoms with E-state index in [0.29, 0.717) is 0 Å². The van der Waals surface area contributed by atoms with Crippen LogP contribution in [0.5, 0.6) is 0 Å². The number of hydrogen-bond donors (Lipinski definition) is 0. The van der Waals surface area contributed by atoms with Crippen LogP contribution in [0, 0.1) is 0 Å². The van der Waals surface area contributed by atoms with Gasteiger partial charge in [-0.15, -0.1) is 0 Å². The summed E-state index contributed by atoms with van der Waals surface area (Å²) in [5.41, 5.74) is 0. The zero-order valence-corrected chi connectivity index (χ0v) is 3.83. The van der Waals surface area contributed by atoms with Gasteiger partial charge in [-0.25, -0.2) is 0 Å². The monoisotopic (exact) mass is 102 g/mol. The maximum atomic E-state index is 10.4. The van der Waals surface area contributed by atoms with Gasteiger partial charge in [0.05, 0.1) is 0 Å². The second-order valence-electron chi connectivity index (χ2n) is 0.259. The Morgan fingerprint density at radius 2 is 1.50 bits per heavy atom. The number of hydrogen-bond acceptors (Lipinski definition) is 0. The molecule has 0 aromatic carbocycles. The predicted octanol–water partition coefficient (Wildman–Crippen LogP) is 2.03. The summed E-state index contributed by atoms with van der Waals surface area (Å²) >= 11 is 0. The normalized spacial score (nSPS) is 9.00. The first-order chi connectivity index (χ1) is 1.73. The van der Waals surface area contributed by atoms with E-state index >= 15 is 0 Å². The van der Waals surface area contributed by atoms with E-state index < -0.39 is 8.23 Å². The van der Waals surface area contributed by atoms with Crippen LogP contribution in [0.2, 0.25) is 0 Å². The molecule has 0 N–H and O–H groups in total. The van der Waals surface area contributed by atoms with E-state index in [9.17, 15) is 8.39 Å². The van der Waals surface area contributed by atoms with E-state index in [0.717, 1.165) is 0 Å². The van der Waals surface area contributed by atoms with Gasteiger partial charge in [-0.1, -0.05) is 0 Å². The van der Waals surface area contributed by atoms with Crippen molar-refractivity contribution in [3.05, 3.63) is 0 Å². The summed E-state index contributed by atoms with van der Waals surface area (Å²) in [5.74, 6) is 0. The molecule has 0 aliphatic heterocycles. The van der Waals surface area contributed by atoms with Crippen LogP contribution < -0.4 is 0 Å². The summed E-state index contributed by atoms with van der Waals surface area (Å²) in [4.78, 5) is 0. The molecule has 1 atom stereocenters.